The normalized spacial score (nSPS) is 31.9. The van der Waals surface area contributed by atoms with Crippen molar-refractivity contribution in [3.63, 3.8) is 0 Å². The van der Waals surface area contributed by atoms with Crippen LogP contribution in [0.15, 0.2) is 0 Å². The molecule has 2 saturated heterocycles. The van der Waals surface area contributed by atoms with Gasteiger partial charge in [-0.2, -0.15) is 13.2 Å². The van der Waals surface area contributed by atoms with Crippen molar-refractivity contribution in [3.05, 3.63) is 0 Å². The van der Waals surface area contributed by atoms with Crippen LogP contribution in [0.1, 0.15) is 26.7 Å². The maximum atomic E-state index is 12.4. The van der Waals surface area contributed by atoms with Gasteiger partial charge in [-0.05, 0) is 18.3 Å². The molecule has 0 aromatic carbocycles. The average Bonchev–Trinajstić information content (AvgIpc) is 2.62. The van der Waals surface area contributed by atoms with Gasteiger partial charge in [0.05, 0.1) is 6.04 Å². The van der Waals surface area contributed by atoms with Gasteiger partial charge >= 0.3 is 6.18 Å². The Kier molecular flexibility index (Phi) is 4.03. The maximum Gasteiger partial charge on any atom is 0.406 e. The number of carbonyl (C=O) groups is 1. The molecular weight excluding hydrogens is 271 g/mol. The van der Waals surface area contributed by atoms with Gasteiger partial charge in [0.2, 0.25) is 5.91 Å². The second kappa shape index (κ2) is 5.18. The third-order valence-corrected chi connectivity index (χ3v) is 4.42. The van der Waals surface area contributed by atoms with Crippen LogP contribution >= 0.6 is 0 Å². The number of halogens is 3. The van der Waals surface area contributed by atoms with Crippen LogP contribution < -0.4 is 5.73 Å². The lowest BCUT2D eigenvalue weighted by Gasteiger charge is -2.44. The van der Waals surface area contributed by atoms with Crippen molar-refractivity contribution in [3.8, 4) is 0 Å². The Bertz CT molecular complexity index is 384. The molecule has 4 nitrogen and oxygen atoms in total. The summed E-state index contributed by atoms with van der Waals surface area (Å²) in [6.45, 7) is 4.46. The maximum absolute atomic E-state index is 12.4. The van der Waals surface area contributed by atoms with Gasteiger partial charge in [-0.25, -0.2) is 0 Å². The van der Waals surface area contributed by atoms with Crippen molar-refractivity contribution in [1.29, 1.82) is 0 Å². The van der Waals surface area contributed by atoms with E-state index in [-0.39, 0.29) is 18.0 Å². The van der Waals surface area contributed by atoms with E-state index < -0.39 is 24.7 Å². The zero-order chi connectivity index (χ0) is 15.1. The molecule has 2 aliphatic rings. The molecule has 2 atom stereocenters. The molecule has 2 N–H and O–H groups in total. The predicted molar refractivity (Wildman–Crippen MR) is 69.0 cm³/mol. The number of nitrogens with two attached hydrogens (primary N) is 1. The number of alkyl halides is 3. The Morgan fingerprint density at radius 3 is 2.50 bits per heavy atom. The van der Waals surface area contributed by atoms with Gasteiger partial charge in [0, 0.05) is 25.7 Å². The first-order valence-electron chi connectivity index (χ1n) is 6.95. The number of amides is 1. The molecular formula is C13H22F3N3O. The van der Waals surface area contributed by atoms with Crippen molar-refractivity contribution in [2.75, 3.05) is 26.2 Å². The van der Waals surface area contributed by atoms with Crippen LogP contribution in [-0.4, -0.2) is 60.1 Å². The van der Waals surface area contributed by atoms with Crippen molar-refractivity contribution < 1.29 is 18.0 Å². The summed E-state index contributed by atoms with van der Waals surface area (Å²) in [4.78, 5) is 15.1. The number of carbonyl (C=O) groups excluding carboxylic acids is 1. The molecule has 2 unspecified atom stereocenters. The Labute approximate surface area is 117 Å². The largest absolute Gasteiger partial charge is 0.406 e. The van der Waals surface area contributed by atoms with Crippen molar-refractivity contribution in [2.45, 2.75) is 44.9 Å². The molecule has 0 saturated carbocycles. The molecule has 2 aliphatic heterocycles. The minimum atomic E-state index is -4.33. The van der Waals surface area contributed by atoms with Crippen LogP contribution in [-0.2, 0) is 4.79 Å². The second-order valence-electron chi connectivity index (χ2n) is 6.53. The highest BCUT2D eigenvalue weighted by atomic mass is 19.4. The molecule has 7 heteroatoms. The summed E-state index contributed by atoms with van der Waals surface area (Å²) in [6, 6.07) is -0.342. The summed E-state index contributed by atoms with van der Waals surface area (Å²) >= 11 is 0. The average molecular weight is 293 g/mol. The molecule has 0 aliphatic carbocycles. The van der Waals surface area contributed by atoms with Gasteiger partial charge in [-0.15, -0.1) is 0 Å². The lowest BCUT2D eigenvalue weighted by molar-refractivity contribution is -0.159. The van der Waals surface area contributed by atoms with Crippen LogP contribution in [0.4, 0.5) is 13.2 Å². The number of rotatable bonds is 2. The zero-order valence-corrected chi connectivity index (χ0v) is 11.9. The number of nitrogens with zero attached hydrogens (tertiary/aromatic N) is 2. The summed E-state index contributed by atoms with van der Waals surface area (Å²) in [6.07, 6.45) is -3.08. The minimum absolute atomic E-state index is 0.0709. The van der Waals surface area contributed by atoms with Gasteiger partial charge in [0.25, 0.3) is 0 Å². The topological polar surface area (TPSA) is 49.6 Å². The van der Waals surface area contributed by atoms with E-state index >= 15 is 0 Å². The quantitative estimate of drug-likeness (QED) is 0.832. The van der Waals surface area contributed by atoms with Crippen LogP contribution in [0.25, 0.3) is 0 Å². The second-order valence-corrected chi connectivity index (χ2v) is 6.53. The van der Waals surface area contributed by atoms with E-state index in [1.165, 1.54) is 0 Å². The highest BCUT2D eigenvalue weighted by Crippen LogP contribution is 2.31. The van der Waals surface area contributed by atoms with Gasteiger partial charge in [0.1, 0.15) is 6.54 Å². The fraction of sp³-hybridized carbons (Fsp3) is 0.923. The Balaban J connectivity index is 2.00. The predicted octanol–water partition coefficient (Wildman–Crippen LogP) is 1.21. The standard InChI is InChI=1S/C13H22F3N3O/c1-12(2)7-18(6-4-10(12)17)9-3-5-19(11(9)20)8-13(14,15)16/h9-10H,3-8,17H2,1-2H3. The fourth-order valence-corrected chi connectivity index (χ4v) is 3.12. The summed E-state index contributed by atoms with van der Waals surface area (Å²) < 4.78 is 37.2. The van der Waals surface area contributed by atoms with E-state index in [0.717, 1.165) is 11.3 Å². The van der Waals surface area contributed by atoms with Crippen LogP contribution in [0, 0.1) is 5.41 Å². The first-order chi connectivity index (χ1) is 9.10. The summed E-state index contributed by atoms with van der Waals surface area (Å²) in [5, 5.41) is 0. The van der Waals surface area contributed by atoms with Crippen molar-refractivity contribution in [2.24, 2.45) is 11.1 Å². The molecule has 116 valence electrons. The first-order valence-corrected chi connectivity index (χ1v) is 6.95. The smallest absolute Gasteiger partial charge is 0.332 e. The molecule has 0 spiro atoms. The molecule has 2 heterocycles. The molecule has 2 fully saturated rings. The molecule has 0 aromatic heterocycles. The SMILES string of the molecule is CC1(C)CN(C2CCN(CC(F)(F)F)C2=O)CCC1N. The van der Waals surface area contributed by atoms with E-state index in [0.29, 0.717) is 19.5 Å². The van der Waals surface area contributed by atoms with E-state index in [1.807, 2.05) is 18.7 Å². The van der Waals surface area contributed by atoms with Crippen molar-refractivity contribution >= 4 is 5.91 Å². The Hall–Kier alpha value is -0.820. The molecule has 2 rings (SSSR count). The Morgan fingerprint density at radius 2 is 1.95 bits per heavy atom. The van der Waals surface area contributed by atoms with Gasteiger partial charge in [-0.3, -0.25) is 9.69 Å². The fourth-order valence-electron chi connectivity index (χ4n) is 3.12. The van der Waals surface area contributed by atoms with E-state index in [1.54, 1.807) is 0 Å². The highest BCUT2D eigenvalue weighted by molar-refractivity contribution is 5.84. The van der Waals surface area contributed by atoms with E-state index in [9.17, 15) is 18.0 Å². The third kappa shape index (κ3) is 3.25. The first kappa shape index (κ1) is 15.6. The van der Waals surface area contributed by atoms with Crippen LogP contribution in [0.5, 0.6) is 0 Å². The lowest BCUT2D eigenvalue weighted by Crippen LogP contribution is -2.56. The zero-order valence-electron chi connectivity index (χ0n) is 11.9. The van der Waals surface area contributed by atoms with Crippen LogP contribution in [0.3, 0.4) is 0 Å². The number of hydrogen-bond donors (Lipinski definition) is 1. The van der Waals surface area contributed by atoms with Gasteiger partial charge in [0.15, 0.2) is 0 Å². The Morgan fingerprint density at radius 1 is 1.30 bits per heavy atom. The molecule has 0 bridgehead atoms. The number of likely N-dealkylation sites (tertiary alicyclic amines) is 2. The number of hydrogen-bond acceptors (Lipinski definition) is 3. The highest BCUT2D eigenvalue weighted by Gasteiger charge is 2.44. The number of piperidine rings is 1. The summed E-state index contributed by atoms with van der Waals surface area (Å²) in [7, 11) is 0. The third-order valence-electron chi connectivity index (χ3n) is 4.42. The lowest BCUT2D eigenvalue weighted by atomic mass is 9.79. The van der Waals surface area contributed by atoms with Crippen LogP contribution in [0.2, 0.25) is 0 Å². The van der Waals surface area contributed by atoms with Gasteiger partial charge in [-0.1, -0.05) is 13.8 Å². The molecule has 1 amide bonds. The molecule has 0 radical (unpaired) electrons. The van der Waals surface area contributed by atoms with Gasteiger partial charge < -0.3 is 10.6 Å². The minimum Gasteiger partial charge on any atom is -0.332 e. The molecule has 0 aromatic rings. The summed E-state index contributed by atoms with van der Waals surface area (Å²) in [5.41, 5.74) is 5.93. The monoisotopic (exact) mass is 293 g/mol. The van der Waals surface area contributed by atoms with E-state index in [2.05, 4.69) is 0 Å². The summed E-state index contributed by atoms with van der Waals surface area (Å²) in [5.74, 6) is -0.395. The van der Waals surface area contributed by atoms with E-state index in [4.69, 9.17) is 5.73 Å². The molecule has 20 heavy (non-hydrogen) atoms. The van der Waals surface area contributed by atoms with Crippen molar-refractivity contribution in [1.82, 2.24) is 9.80 Å².